The van der Waals surface area contributed by atoms with Gasteiger partial charge in [0.05, 0.1) is 0 Å². The molecule has 0 aromatic rings. The van der Waals surface area contributed by atoms with Crippen LogP contribution in [0.2, 0.25) is 0 Å². The molecule has 3 nitrogen and oxygen atoms in total. The molecule has 0 amide bonds. The highest BCUT2D eigenvalue weighted by Crippen LogP contribution is 2.40. The summed E-state index contributed by atoms with van der Waals surface area (Å²) in [5.74, 6) is -4.85. The molecule has 1 aliphatic heterocycles. The standard InChI is InChI=1S/C9H14F5N3/c1-7(2,3)4-17-5-15-16-6(17)8(10,11)9(12,13)14/h5-6,16H,4H2,1-3H3. The van der Waals surface area contributed by atoms with Crippen LogP contribution < -0.4 is 5.43 Å². The van der Waals surface area contributed by atoms with Gasteiger partial charge in [0.2, 0.25) is 0 Å². The molecule has 1 rings (SSSR count). The minimum absolute atomic E-state index is 0.0415. The van der Waals surface area contributed by atoms with Gasteiger partial charge in [0.15, 0.2) is 6.17 Å². The Balaban J connectivity index is 2.85. The highest BCUT2D eigenvalue weighted by atomic mass is 19.4. The quantitative estimate of drug-likeness (QED) is 0.771. The second kappa shape index (κ2) is 3.99. The molecule has 0 bridgehead atoms. The van der Waals surface area contributed by atoms with Crippen LogP contribution in [0.25, 0.3) is 0 Å². The first-order chi connectivity index (χ1) is 7.45. The van der Waals surface area contributed by atoms with Crippen molar-refractivity contribution in [2.75, 3.05) is 6.54 Å². The van der Waals surface area contributed by atoms with Crippen molar-refractivity contribution in [2.24, 2.45) is 10.5 Å². The lowest BCUT2D eigenvalue weighted by molar-refractivity contribution is -0.302. The maximum Gasteiger partial charge on any atom is 0.457 e. The summed E-state index contributed by atoms with van der Waals surface area (Å²) in [6.07, 6.45) is -6.81. The van der Waals surface area contributed by atoms with Crippen molar-refractivity contribution >= 4 is 6.34 Å². The van der Waals surface area contributed by atoms with Crippen molar-refractivity contribution < 1.29 is 22.0 Å². The highest BCUT2D eigenvalue weighted by molar-refractivity contribution is 5.57. The number of hydrazone groups is 1. The summed E-state index contributed by atoms with van der Waals surface area (Å²) in [5.41, 5.74) is 1.38. The van der Waals surface area contributed by atoms with Crippen LogP contribution in [0, 0.1) is 5.41 Å². The largest absolute Gasteiger partial charge is 0.457 e. The molecule has 17 heavy (non-hydrogen) atoms. The third-order valence-corrected chi connectivity index (χ3v) is 2.11. The van der Waals surface area contributed by atoms with Crippen LogP contribution in [0.15, 0.2) is 5.10 Å². The lowest BCUT2D eigenvalue weighted by Gasteiger charge is -2.35. The first-order valence-corrected chi connectivity index (χ1v) is 4.94. The molecule has 0 radical (unpaired) electrons. The summed E-state index contributed by atoms with van der Waals surface area (Å²) >= 11 is 0. The predicted octanol–water partition coefficient (Wildman–Crippen LogP) is 2.40. The third-order valence-electron chi connectivity index (χ3n) is 2.11. The molecule has 1 atom stereocenters. The highest BCUT2D eigenvalue weighted by Gasteiger charge is 2.65. The lowest BCUT2D eigenvalue weighted by Crippen LogP contribution is -2.59. The summed E-state index contributed by atoms with van der Waals surface area (Å²) in [5, 5.41) is 3.28. The summed E-state index contributed by atoms with van der Waals surface area (Å²) in [4.78, 5) is 0.869. The zero-order chi connectivity index (χ0) is 13.5. The molecule has 0 aromatic heterocycles. The molecular formula is C9H14F5N3. The molecule has 8 heteroatoms. The van der Waals surface area contributed by atoms with Crippen LogP contribution in [0.1, 0.15) is 20.8 Å². The topological polar surface area (TPSA) is 27.6 Å². The molecule has 1 unspecified atom stereocenters. The van der Waals surface area contributed by atoms with Gasteiger partial charge in [-0.05, 0) is 5.41 Å². The molecule has 0 aliphatic carbocycles. The Hall–Kier alpha value is -1.08. The van der Waals surface area contributed by atoms with Gasteiger partial charge in [0.25, 0.3) is 0 Å². The van der Waals surface area contributed by atoms with E-state index < -0.39 is 23.7 Å². The fourth-order valence-electron chi connectivity index (χ4n) is 1.44. The predicted molar refractivity (Wildman–Crippen MR) is 52.6 cm³/mol. The number of nitrogens with zero attached hydrogens (tertiary/aromatic N) is 2. The van der Waals surface area contributed by atoms with Gasteiger partial charge in [-0.15, -0.1) is 0 Å². The van der Waals surface area contributed by atoms with E-state index in [1.165, 1.54) is 0 Å². The van der Waals surface area contributed by atoms with Crippen molar-refractivity contribution in [1.29, 1.82) is 0 Å². The molecule has 1 heterocycles. The Morgan fingerprint density at radius 1 is 1.18 bits per heavy atom. The van der Waals surface area contributed by atoms with Crippen LogP contribution >= 0.6 is 0 Å². The van der Waals surface area contributed by atoms with E-state index in [1.807, 2.05) is 0 Å². The maximum absolute atomic E-state index is 13.2. The van der Waals surface area contributed by atoms with E-state index in [0.717, 1.165) is 11.2 Å². The lowest BCUT2D eigenvalue weighted by atomic mass is 9.96. The van der Waals surface area contributed by atoms with Gasteiger partial charge >= 0.3 is 12.1 Å². The molecule has 0 spiro atoms. The molecule has 0 saturated heterocycles. The van der Waals surface area contributed by atoms with E-state index in [-0.39, 0.29) is 6.54 Å². The summed E-state index contributed by atoms with van der Waals surface area (Å²) in [7, 11) is 0. The van der Waals surface area contributed by atoms with Crippen LogP contribution in [-0.4, -0.2) is 36.0 Å². The van der Waals surface area contributed by atoms with Crippen molar-refractivity contribution in [2.45, 2.75) is 39.0 Å². The first kappa shape index (κ1) is 14.0. The van der Waals surface area contributed by atoms with Gasteiger partial charge in [-0.1, -0.05) is 20.8 Å². The number of rotatable bonds is 2. The number of hydrogen-bond donors (Lipinski definition) is 1. The Bertz CT molecular complexity index is 305. The first-order valence-electron chi connectivity index (χ1n) is 4.94. The number of nitrogens with one attached hydrogen (secondary N) is 1. The molecular weight excluding hydrogens is 245 g/mol. The van der Waals surface area contributed by atoms with E-state index in [1.54, 1.807) is 26.2 Å². The van der Waals surface area contributed by atoms with Gasteiger partial charge in [-0.3, -0.25) is 5.43 Å². The maximum atomic E-state index is 13.2. The van der Waals surface area contributed by atoms with Crippen LogP contribution in [0.4, 0.5) is 22.0 Å². The van der Waals surface area contributed by atoms with Gasteiger partial charge in [-0.25, -0.2) is 0 Å². The van der Waals surface area contributed by atoms with Crippen molar-refractivity contribution in [3.8, 4) is 0 Å². The van der Waals surface area contributed by atoms with Crippen molar-refractivity contribution in [1.82, 2.24) is 10.3 Å². The number of hydrogen-bond acceptors (Lipinski definition) is 3. The molecule has 0 aromatic carbocycles. The monoisotopic (exact) mass is 259 g/mol. The Morgan fingerprint density at radius 2 is 1.71 bits per heavy atom. The molecule has 0 fully saturated rings. The summed E-state index contributed by atoms with van der Waals surface area (Å²) < 4.78 is 63.0. The van der Waals surface area contributed by atoms with E-state index in [4.69, 9.17) is 0 Å². The minimum Gasteiger partial charge on any atom is -0.334 e. The summed E-state index contributed by atoms with van der Waals surface area (Å²) in [6, 6.07) is 0. The van der Waals surface area contributed by atoms with Crippen LogP contribution in [-0.2, 0) is 0 Å². The zero-order valence-corrected chi connectivity index (χ0v) is 9.65. The van der Waals surface area contributed by atoms with Gasteiger partial charge in [-0.2, -0.15) is 27.1 Å². The Morgan fingerprint density at radius 3 is 2.12 bits per heavy atom. The second-order valence-electron chi connectivity index (χ2n) is 5.13. The SMILES string of the molecule is CC(C)(C)CN1C=NNC1C(F)(F)C(F)(F)F. The van der Waals surface area contributed by atoms with Crippen molar-refractivity contribution in [3.05, 3.63) is 0 Å². The average molecular weight is 259 g/mol. The smallest absolute Gasteiger partial charge is 0.334 e. The van der Waals surface area contributed by atoms with Crippen LogP contribution in [0.5, 0.6) is 0 Å². The van der Waals surface area contributed by atoms with Gasteiger partial charge in [0, 0.05) is 6.54 Å². The van der Waals surface area contributed by atoms with E-state index >= 15 is 0 Å². The third kappa shape index (κ3) is 2.98. The minimum atomic E-state index is -5.60. The van der Waals surface area contributed by atoms with Crippen molar-refractivity contribution in [3.63, 3.8) is 0 Å². The molecule has 1 N–H and O–H groups in total. The second-order valence-corrected chi connectivity index (χ2v) is 5.13. The zero-order valence-electron chi connectivity index (χ0n) is 9.65. The normalized spacial score (nSPS) is 21.9. The molecule has 1 aliphatic rings. The Labute approximate surface area is 95.7 Å². The van der Waals surface area contributed by atoms with E-state index in [0.29, 0.717) is 0 Å². The van der Waals surface area contributed by atoms with E-state index in [9.17, 15) is 22.0 Å². The number of halogens is 5. The van der Waals surface area contributed by atoms with Gasteiger partial charge < -0.3 is 4.90 Å². The summed E-state index contributed by atoms with van der Waals surface area (Å²) in [6.45, 7) is 5.26. The fraction of sp³-hybridized carbons (Fsp3) is 0.889. The fourth-order valence-corrected chi connectivity index (χ4v) is 1.44. The van der Waals surface area contributed by atoms with Gasteiger partial charge in [0.1, 0.15) is 6.34 Å². The molecule has 0 saturated carbocycles. The van der Waals surface area contributed by atoms with E-state index in [2.05, 4.69) is 5.10 Å². The molecule has 100 valence electrons. The number of alkyl halides is 5. The average Bonchev–Trinajstić information content (AvgIpc) is 2.46. The Kier molecular flexibility index (Phi) is 3.28. The van der Waals surface area contributed by atoms with Crippen LogP contribution in [0.3, 0.4) is 0 Å².